The molecule has 0 radical (unpaired) electrons. The maximum absolute atomic E-state index is 12.7. The Morgan fingerprint density at radius 3 is 2.16 bits per heavy atom. The number of rotatable bonds is 12. The summed E-state index contributed by atoms with van der Waals surface area (Å²) in [4.78, 5) is 27.9. The number of nitrogens with one attached hydrogen (secondary N) is 1. The Labute approximate surface area is 228 Å². The Morgan fingerprint density at radius 2 is 1.68 bits per heavy atom. The minimum Gasteiger partial charge on any atom is -0.375 e. The predicted octanol–water partition coefficient (Wildman–Crippen LogP) is 7.74. The summed E-state index contributed by atoms with van der Waals surface area (Å²) in [5, 5.41) is 2.90. The molecule has 0 aliphatic rings. The summed E-state index contributed by atoms with van der Waals surface area (Å²) >= 11 is 0. The number of hydrogen-bond acceptors (Lipinski definition) is 3. The maximum Gasteiger partial charge on any atom is 0.412 e. The Hall–Kier alpha value is -3.21. The number of aryl methyl sites for hydroxylation is 1. The van der Waals surface area contributed by atoms with E-state index in [1.54, 1.807) is 11.9 Å². The first-order valence-corrected chi connectivity index (χ1v) is 13.1. The number of amides is 2. The Kier molecular flexibility index (Phi) is 19.3. The predicted molar refractivity (Wildman–Crippen MR) is 154 cm³/mol. The molecule has 5 nitrogen and oxygen atoms in total. The van der Waals surface area contributed by atoms with E-state index in [4.69, 9.17) is 0 Å². The lowest BCUT2D eigenvalue weighted by molar-refractivity contribution is -0.117. The number of halogens is 3. The van der Waals surface area contributed by atoms with Crippen molar-refractivity contribution in [3.05, 3.63) is 47.2 Å². The van der Waals surface area contributed by atoms with Crippen molar-refractivity contribution in [2.45, 2.75) is 86.7 Å². The van der Waals surface area contributed by atoms with Crippen molar-refractivity contribution in [2.24, 2.45) is 0 Å². The highest BCUT2D eigenvalue weighted by molar-refractivity contribution is 5.95. The molecular weight excluding hydrogens is 491 g/mol. The van der Waals surface area contributed by atoms with Crippen LogP contribution in [-0.4, -0.2) is 43.0 Å². The minimum atomic E-state index is -4.28. The number of nitrogens with zero attached hydrogens (tertiary/aromatic N) is 2. The van der Waals surface area contributed by atoms with Crippen LogP contribution < -0.4 is 10.2 Å². The van der Waals surface area contributed by atoms with E-state index in [2.05, 4.69) is 23.1 Å². The normalized spacial score (nSPS) is 11.4. The van der Waals surface area contributed by atoms with E-state index in [-0.39, 0.29) is 11.8 Å². The summed E-state index contributed by atoms with van der Waals surface area (Å²) in [5.41, 5.74) is 2.83. The lowest BCUT2D eigenvalue weighted by Gasteiger charge is -2.26. The molecule has 1 aromatic carbocycles. The molecule has 0 aliphatic carbocycles. The molecule has 0 spiro atoms. The van der Waals surface area contributed by atoms with E-state index in [9.17, 15) is 22.8 Å². The van der Waals surface area contributed by atoms with Crippen LogP contribution in [0.3, 0.4) is 0 Å². The molecule has 214 valence electrons. The van der Waals surface area contributed by atoms with Gasteiger partial charge in [-0.25, -0.2) is 0 Å². The summed E-state index contributed by atoms with van der Waals surface area (Å²) in [7, 11) is 1.71. The molecule has 38 heavy (non-hydrogen) atoms. The van der Waals surface area contributed by atoms with Crippen molar-refractivity contribution < 1.29 is 22.8 Å². The van der Waals surface area contributed by atoms with E-state index in [0.29, 0.717) is 44.5 Å². The zero-order chi connectivity index (χ0) is 29.9. The van der Waals surface area contributed by atoms with E-state index in [1.807, 2.05) is 58.9 Å². The summed E-state index contributed by atoms with van der Waals surface area (Å²) in [6.45, 7) is 13.8. The van der Waals surface area contributed by atoms with Crippen molar-refractivity contribution in [1.82, 2.24) is 4.90 Å². The highest BCUT2D eigenvalue weighted by atomic mass is 19.4. The molecule has 0 aromatic heterocycles. The second-order valence-corrected chi connectivity index (χ2v) is 8.21. The molecular formula is C30H46F3N3O2. The van der Waals surface area contributed by atoms with Crippen LogP contribution in [0.2, 0.25) is 0 Å². The van der Waals surface area contributed by atoms with E-state index >= 15 is 0 Å². The second kappa shape index (κ2) is 19.8. The van der Waals surface area contributed by atoms with Crippen molar-refractivity contribution in [2.75, 3.05) is 30.4 Å². The van der Waals surface area contributed by atoms with Gasteiger partial charge in [-0.3, -0.25) is 9.59 Å². The largest absolute Gasteiger partial charge is 0.412 e. The lowest BCUT2D eigenvalue weighted by atomic mass is 10.1. The standard InChI is InChI=1S/C26H38F3N3O2.C2H6.C2H2/c1-7-21-15-16-22(18-24(21)31(6)20(5)33)30-25(34)14-11-17-32(9-3)23(8-2)13-10-12-19(4)26(27,28)29;2*1-2/h8,12,15-16,18H,7,9-11,13-14,17H2,1-6H3,(H,30,34);1-2H3;1-2H/b19-12+,23-8+;;. The highest BCUT2D eigenvalue weighted by Gasteiger charge is 2.29. The molecule has 0 saturated carbocycles. The van der Waals surface area contributed by atoms with Gasteiger partial charge in [0, 0.05) is 56.1 Å². The summed E-state index contributed by atoms with van der Waals surface area (Å²) in [6, 6.07) is 5.56. The van der Waals surface area contributed by atoms with Crippen LogP contribution in [0.4, 0.5) is 24.5 Å². The van der Waals surface area contributed by atoms with Gasteiger partial charge < -0.3 is 15.1 Å². The number of alkyl halides is 3. The van der Waals surface area contributed by atoms with Gasteiger partial charge in [-0.1, -0.05) is 39.0 Å². The number of hydrogen-bond donors (Lipinski definition) is 1. The Bertz CT molecular complexity index is 934. The van der Waals surface area contributed by atoms with Gasteiger partial charge in [-0.05, 0) is 64.2 Å². The number of anilines is 2. The number of allylic oxidation sites excluding steroid dienone is 4. The van der Waals surface area contributed by atoms with E-state index in [0.717, 1.165) is 30.3 Å². The average molecular weight is 538 g/mol. The number of benzene rings is 1. The molecule has 0 bridgehead atoms. The summed E-state index contributed by atoms with van der Waals surface area (Å²) in [5.74, 6) is -0.204. The number of terminal acetylenes is 1. The fraction of sp³-hybridized carbons (Fsp3) is 0.533. The molecule has 1 aromatic rings. The van der Waals surface area contributed by atoms with Crippen molar-refractivity contribution >= 4 is 23.2 Å². The fourth-order valence-corrected chi connectivity index (χ4v) is 3.62. The van der Waals surface area contributed by atoms with Gasteiger partial charge in [0.25, 0.3) is 0 Å². The fourth-order valence-electron chi connectivity index (χ4n) is 3.62. The van der Waals surface area contributed by atoms with Crippen molar-refractivity contribution in [3.8, 4) is 12.8 Å². The molecule has 0 atom stereocenters. The lowest BCUT2D eigenvalue weighted by Crippen LogP contribution is -2.25. The van der Waals surface area contributed by atoms with Gasteiger partial charge in [0.05, 0.1) is 0 Å². The smallest absolute Gasteiger partial charge is 0.375 e. The van der Waals surface area contributed by atoms with Crippen LogP contribution in [0.25, 0.3) is 0 Å². The van der Waals surface area contributed by atoms with Crippen LogP contribution in [0.15, 0.2) is 41.6 Å². The van der Waals surface area contributed by atoms with Gasteiger partial charge in [0.15, 0.2) is 0 Å². The first-order valence-electron chi connectivity index (χ1n) is 13.1. The molecule has 0 saturated heterocycles. The van der Waals surface area contributed by atoms with Gasteiger partial charge in [0.1, 0.15) is 0 Å². The third-order valence-electron chi connectivity index (χ3n) is 5.83. The topological polar surface area (TPSA) is 52.7 Å². The first kappa shape index (κ1) is 36.9. The monoisotopic (exact) mass is 537 g/mol. The summed E-state index contributed by atoms with van der Waals surface area (Å²) in [6.07, 6.45) is 9.39. The number of carbonyl (C=O) groups is 2. The zero-order valence-corrected chi connectivity index (χ0v) is 24.3. The molecule has 2 amide bonds. The Balaban J connectivity index is 0. The summed E-state index contributed by atoms with van der Waals surface area (Å²) < 4.78 is 38.0. The van der Waals surface area contributed by atoms with Crippen LogP contribution in [0.1, 0.15) is 79.7 Å². The third kappa shape index (κ3) is 13.4. The van der Waals surface area contributed by atoms with Crippen molar-refractivity contribution in [1.29, 1.82) is 0 Å². The second-order valence-electron chi connectivity index (χ2n) is 8.21. The zero-order valence-electron chi connectivity index (χ0n) is 24.3. The van der Waals surface area contributed by atoms with Crippen LogP contribution in [0.5, 0.6) is 0 Å². The quantitative estimate of drug-likeness (QED) is 0.219. The average Bonchev–Trinajstić information content (AvgIpc) is 2.90. The molecule has 1 N–H and O–H groups in total. The van der Waals surface area contributed by atoms with E-state index < -0.39 is 11.7 Å². The first-order chi connectivity index (χ1) is 17.9. The van der Waals surface area contributed by atoms with Crippen LogP contribution in [0, 0.1) is 12.8 Å². The SMILES string of the molecule is C#C.C/C=C(\CC/C=C(\C)C(F)(F)F)N(CC)CCCC(=O)Nc1ccc(CC)c(N(C)C(C)=O)c1.CC. The van der Waals surface area contributed by atoms with Crippen LogP contribution >= 0.6 is 0 Å². The molecule has 1 rings (SSSR count). The van der Waals surface area contributed by atoms with Gasteiger partial charge in [-0.15, -0.1) is 12.8 Å². The molecule has 0 unspecified atom stereocenters. The van der Waals surface area contributed by atoms with Crippen LogP contribution in [-0.2, 0) is 16.0 Å². The third-order valence-corrected chi connectivity index (χ3v) is 5.83. The minimum absolute atomic E-state index is 0.0818. The molecule has 0 fully saturated rings. The van der Waals surface area contributed by atoms with Gasteiger partial charge >= 0.3 is 6.18 Å². The Morgan fingerprint density at radius 1 is 1.08 bits per heavy atom. The maximum atomic E-state index is 12.7. The highest BCUT2D eigenvalue weighted by Crippen LogP contribution is 2.27. The van der Waals surface area contributed by atoms with Gasteiger partial charge in [0.2, 0.25) is 11.8 Å². The van der Waals surface area contributed by atoms with Crippen molar-refractivity contribution in [3.63, 3.8) is 0 Å². The van der Waals surface area contributed by atoms with E-state index in [1.165, 1.54) is 13.0 Å². The van der Waals surface area contributed by atoms with Gasteiger partial charge in [-0.2, -0.15) is 13.2 Å². The molecule has 0 heterocycles. The number of carbonyl (C=O) groups excluding carboxylic acids is 2. The molecule has 0 aliphatic heterocycles. The molecule has 8 heteroatoms.